The Morgan fingerprint density at radius 1 is 1.50 bits per heavy atom. The van der Waals surface area contributed by atoms with E-state index in [1.807, 2.05) is 19.3 Å². The van der Waals surface area contributed by atoms with Gasteiger partial charge >= 0.3 is 0 Å². The third kappa shape index (κ3) is 2.84. The van der Waals surface area contributed by atoms with Crippen molar-refractivity contribution < 1.29 is 0 Å². The highest BCUT2D eigenvalue weighted by Crippen LogP contribution is 2.19. The van der Waals surface area contributed by atoms with Crippen molar-refractivity contribution in [1.82, 2.24) is 10.3 Å². The highest BCUT2D eigenvalue weighted by atomic mass is 79.9. The maximum absolute atomic E-state index is 4.28. The van der Waals surface area contributed by atoms with Gasteiger partial charge in [0.1, 0.15) is 0 Å². The Morgan fingerprint density at radius 2 is 2.25 bits per heavy atom. The van der Waals surface area contributed by atoms with E-state index in [9.17, 15) is 0 Å². The maximum atomic E-state index is 4.28. The first-order chi connectivity index (χ1) is 5.74. The van der Waals surface area contributed by atoms with Crippen molar-refractivity contribution in [1.29, 1.82) is 0 Å². The number of likely N-dealkylation sites (N-methyl/N-ethyl adjacent to an activating group) is 1. The molecule has 1 rings (SSSR count). The summed E-state index contributed by atoms with van der Waals surface area (Å²) in [4.78, 5) is 4.28. The van der Waals surface area contributed by atoms with E-state index in [4.69, 9.17) is 0 Å². The zero-order valence-electron chi connectivity index (χ0n) is 6.77. The van der Waals surface area contributed by atoms with Crippen molar-refractivity contribution in [3.63, 3.8) is 0 Å². The van der Waals surface area contributed by atoms with Crippen LogP contribution in [0.4, 0.5) is 0 Å². The molecule has 0 bridgehead atoms. The van der Waals surface area contributed by atoms with Gasteiger partial charge in [0, 0.05) is 28.1 Å². The normalized spacial score (nSPS) is 10.2. The number of hydrogen-bond acceptors (Lipinski definition) is 2. The van der Waals surface area contributed by atoms with Crippen LogP contribution in [-0.2, 0) is 6.42 Å². The van der Waals surface area contributed by atoms with Crippen LogP contribution < -0.4 is 5.32 Å². The molecule has 0 aromatic carbocycles. The molecule has 0 radical (unpaired) electrons. The van der Waals surface area contributed by atoms with Gasteiger partial charge in [0.25, 0.3) is 0 Å². The number of halogens is 2. The summed E-state index contributed by atoms with van der Waals surface area (Å²) in [5.74, 6) is 0. The van der Waals surface area contributed by atoms with Crippen LogP contribution in [-0.4, -0.2) is 18.6 Å². The molecule has 0 saturated carbocycles. The maximum Gasteiger partial charge on any atom is 0.0558 e. The van der Waals surface area contributed by atoms with Crippen molar-refractivity contribution in [2.75, 3.05) is 13.6 Å². The van der Waals surface area contributed by atoms with E-state index in [1.165, 1.54) is 0 Å². The predicted octanol–water partition coefficient (Wildman–Crippen LogP) is 2.37. The molecule has 2 nitrogen and oxygen atoms in total. The number of aromatic nitrogens is 1. The van der Waals surface area contributed by atoms with Crippen LogP contribution in [0.2, 0.25) is 0 Å². The summed E-state index contributed by atoms with van der Waals surface area (Å²) in [5.41, 5.74) is 1.09. The summed E-state index contributed by atoms with van der Waals surface area (Å²) in [7, 11) is 1.94. The molecule has 0 aliphatic heterocycles. The average Bonchev–Trinajstić information content (AvgIpc) is 2.03. The fourth-order valence-electron chi connectivity index (χ4n) is 0.870. The third-order valence-corrected chi connectivity index (χ3v) is 2.62. The highest BCUT2D eigenvalue weighted by molar-refractivity contribution is 9.11. The van der Waals surface area contributed by atoms with Gasteiger partial charge in [-0.2, -0.15) is 0 Å². The second-order valence-electron chi connectivity index (χ2n) is 2.44. The van der Waals surface area contributed by atoms with Gasteiger partial charge in [0.05, 0.1) is 5.69 Å². The van der Waals surface area contributed by atoms with E-state index in [2.05, 4.69) is 42.2 Å². The van der Waals surface area contributed by atoms with Crippen LogP contribution in [0.3, 0.4) is 0 Å². The zero-order chi connectivity index (χ0) is 8.97. The number of nitrogens with zero attached hydrogens (tertiary/aromatic N) is 1. The molecular formula is C8H10Br2N2. The summed E-state index contributed by atoms with van der Waals surface area (Å²) >= 11 is 6.81. The van der Waals surface area contributed by atoms with Gasteiger partial charge in [-0.3, -0.25) is 4.98 Å². The molecule has 0 fully saturated rings. The Hall–Kier alpha value is 0.0700. The Morgan fingerprint density at radius 3 is 2.83 bits per heavy atom. The minimum atomic E-state index is 0.949. The predicted molar refractivity (Wildman–Crippen MR) is 57.3 cm³/mol. The van der Waals surface area contributed by atoms with Crippen molar-refractivity contribution in [3.05, 3.63) is 26.9 Å². The van der Waals surface area contributed by atoms with Gasteiger partial charge in [-0.15, -0.1) is 0 Å². The van der Waals surface area contributed by atoms with Crippen molar-refractivity contribution in [2.24, 2.45) is 0 Å². The molecule has 1 aromatic rings. The lowest BCUT2D eigenvalue weighted by Crippen LogP contribution is -2.11. The zero-order valence-corrected chi connectivity index (χ0v) is 9.94. The summed E-state index contributed by atoms with van der Waals surface area (Å²) in [5, 5.41) is 3.09. The van der Waals surface area contributed by atoms with Gasteiger partial charge < -0.3 is 5.32 Å². The molecule has 4 heteroatoms. The molecule has 1 N–H and O–H groups in total. The van der Waals surface area contributed by atoms with E-state index in [0.717, 1.165) is 27.6 Å². The molecule has 1 heterocycles. The van der Waals surface area contributed by atoms with Gasteiger partial charge in [-0.25, -0.2) is 0 Å². The number of hydrogen-bond donors (Lipinski definition) is 1. The highest BCUT2D eigenvalue weighted by Gasteiger charge is 2.00. The molecule has 0 atom stereocenters. The Balaban J connectivity index is 2.72. The minimum absolute atomic E-state index is 0.949. The van der Waals surface area contributed by atoms with E-state index in [-0.39, 0.29) is 0 Å². The van der Waals surface area contributed by atoms with Crippen LogP contribution in [0, 0.1) is 0 Å². The molecule has 1 aromatic heterocycles. The summed E-state index contributed by atoms with van der Waals surface area (Å²) < 4.78 is 2.06. The topological polar surface area (TPSA) is 24.9 Å². The average molecular weight is 294 g/mol. The second-order valence-corrected chi connectivity index (χ2v) is 4.21. The van der Waals surface area contributed by atoms with Crippen LogP contribution in [0.5, 0.6) is 0 Å². The minimum Gasteiger partial charge on any atom is -0.319 e. The smallest absolute Gasteiger partial charge is 0.0558 e. The van der Waals surface area contributed by atoms with E-state index in [0.29, 0.717) is 0 Å². The first-order valence-corrected chi connectivity index (χ1v) is 5.27. The molecule has 0 amide bonds. The van der Waals surface area contributed by atoms with Crippen LogP contribution in [0.25, 0.3) is 0 Å². The Labute approximate surface area is 89.0 Å². The first kappa shape index (κ1) is 10.2. The Kier molecular flexibility index (Phi) is 4.18. The largest absolute Gasteiger partial charge is 0.319 e. The lowest BCUT2D eigenvalue weighted by Gasteiger charge is -2.02. The van der Waals surface area contributed by atoms with Crippen molar-refractivity contribution in [3.8, 4) is 0 Å². The second kappa shape index (κ2) is 4.94. The lowest BCUT2D eigenvalue weighted by molar-refractivity contribution is 0.773. The van der Waals surface area contributed by atoms with Crippen molar-refractivity contribution in [2.45, 2.75) is 6.42 Å². The quantitative estimate of drug-likeness (QED) is 0.925. The number of nitrogens with one attached hydrogen (secondary N) is 1. The third-order valence-electron chi connectivity index (χ3n) is 1.50. The van der Waals surface area contributed by atoms with Crippen LogP contribution >= 0.6 is 31.9 Å². The fraction of sp³-hybridized carbons (Fsp3) is 0.375. The summed E-state index contributed by atoms with van der Waals surface area (Å²) in [6.45, 7) is 0.952. The molecule has 0 saturated heterocycles. The SMILES string of the molecule is CNCCc1ncc(Br)cc1Br. The van der Waals surface area contributed by atoms with E-state index in [1.54, 1.807) is 0 Å². The van der Waals surface area contributed by atoms with Gasteiger partial charge in [-0.05, 0) is 45.0 Å². The lowest BCUT2D eigenvalue weighted by atomic mass is 10.3. The molecule has 0 aliphatic rings. The molecule has 12 heavy (non-hydrogen) atoms. The first-order valence-electron chi connectivity index (χ1n) is 3.68. The van der Waals surface area contributed by atoms with Gasteiger partial charge in [-0.1, -0.05) is 0 Å². The van der Waals surface area contributed by atoms with Crippen LogP contribution in [0.15, 0.2) is 21.2 Å². The molecule has 0 spiro atoms. The van der Waals surface area contributed by atoms with E-state index < -0.39 is 0 Å². The summed E-state index contributed by atoms with van der Waals surface area (Å²) in [6, 6.07) is 2.01. The Bertz CT molecular complexity index is 263. The molecule has 0 unspecified atom stereocenters. The number of pyridine rings is 1. The summed E-state index contributed by atoms with van der Waals surface area (Å²) in [6.07, 6.45) is 2.76. The monoisotopic (exact) mass is 292 g/mol. The fourth-order valence-corrected chi connectivity index (χ4v) is 2.06. The number of rotatable bonds is 3. The van der Waals surface area contributed by atoms with Crippen molar-refractivity contribution >= 4 is 31.9 Å². The molecule has 66 valence electrons. The van der Waals surface area contributed by atoms with E-state index >= 15 is 0 Å². The van der Waals surface area contributed by atoms with Crippen LogP contribution in [0.1, 0.15) is 5.69 Å². The van der Waals surface area contributed by atoms with Gasteiger partial charge in [0.2, 0.25) is 0 Å². The molecular weight excluding hydrogens is 284 g/mol. The molecule has 0 aliphatic carbocycles. The standard InChI is InChI=1S/C8H10Br2N2/c1-11-3-2-8-7(10)4-6(9)5-12-8/h4-5,11H,2-3H2,1H3. The van der Waals surface area contributed by atoms with Gasteiger partial charge in [0.15, 0.2) is 0 Å².